The van der Waals surface area contributed by atoms with Crippen LogP contribution in [0.1, 0.15) is 0 Å². The highest BCUT2D eigenvalue weighted by Gasteiger charge is 2.10. The minimum Gasteiger partial charge on any atom is -0.496 e. The quantitative estimate of drug-likeness (QED) is 0.763. The van der Waals surface area contributed by atoms with Gasteiger partial charge in [0.05, 0.1) is 19.1 Å². The first-order valence-electron chi connectivity index (χ1n) is 5.61. The first kappa shape index (κ1) is 10.7. The summed E-state index contributed by atoms with van der Waals surface area (Å²) in [6.45, 7) is 0. The number of H-pyrrole nitrogens is 1. The van der Waals surface area contributed by atoms with Gasteiger partial charge in [0.25, 0.3) is 0 Å². The summed E-state index contributed by atoms with van der Waals surface area (Å²) >= 11 is 0. The van der Waals surface area contributed by atoms with Crippen LogP contribution in [0.15, 0.2) is 53.1 Å². The molecule has 0 fully saturated rings. The fourth-order valence-corrected chi connectivity index (χ4v) is 1.87. The van der Waals surface area contributed by atoms with Gasteiger partial charge < -0.3 is 9.15 Å². The summed E-state index contributed by atoms with van der Waals surface area (Å²) in [5, 5.41) is 7.24. The minimum absolute atomic E-state index is 0.767. The maximum atomic E-state index is 5.32. The maximum Gasteiger partial charge on any atom is 0.151 e. The lowest BCUT2D eigenvalue weighted by Gasteiger charge is -2.04. The zero-order chi connectivity index (χ0) is 12.4. The zero-order valence-corrected chi connectivity index (χ0v) is 9.88. The van der Waals surface area contributed by atoms with Crippen molar-refractivity contribution >= 4 is 0 Å². The van der Waals surface area contributed by atoms with E-state index < -0.39 is 0 Å². The topological polar surface area (TPSA) is 51.0 Å². The van der Waals surface area contributed by atoms with Gasteiger partial charge >= 0.3 is 0 Å². The molecule has 4 nitrogen and oxygen atoms in total. The molecular formula is C14H12N2O2. The van der Waals surface area contributed by atoms with Gasteiger partial charge in [-0.1, -0.05) is 12.1 Å². The number of para-hydroxylation sites is 1. The third-order valence-electron chi connectivity index (χ3n) is 2.75. The van der Waals surface area contributed by atoms with Crippen molar-refractivity contribution in [3.05, 3.63) is 48.7 Å². The Morgan fingerprint density at radius 2 is 2.06 bits per heavy atom. The molecule has 2 heterocycles. The third kappa shape index (κ3) is 1.78. The van der Waals surface area contributed by atoms with Crippen LogP contribution in [0.3, 0.4) is 0 Å². The number of aromatic nitrogens is 2. The van der Waals surface area contributed by atoms with Crippen LogP contribution in [0.2, 0.25) is 0 Å². The van der Waals surface area contributed by atoms with Crippen LogP contribution in [0, 0.1) is 0 Å². The lowest BCUT2D eigenvalue weighted by atomic mass is 10.1. The van der Waals surface area contributed by atoms with Crippen LogP contribution in [0.4, 0.5) is 0 Å². The molecule has 0 saturated heterocycles. The van der Waals surface area contributed by atoms with Crippen molar-refractivity contribution in [3.8, 4) is 28.5 Å². The molecule has 3 aromatic rings. The molecule has 18 heavy (non-hydrogen) atoms. The molecule has 0 aliphatic heterocycles. The van der Waals surface area contributed by atoms with Crippen molar-refractivity contribution in [2.75, 3.05) is 7.11 Å². The molecule has 0 spiro atoms. The monoisotopic (exact) mass is 240 g/mol. The largest absolute Gasteiger partial charge is 0.496 e. The molecule has 0 bridgehead atoms. The van der Waals surface area contributed by atoms with E-state index in [0.717, 1.165) is 28.5 Å². The molecule has 1 N–H and O–H groups in total. The Labute approximate surface area is 104 Å². The first-order chi connectivity index (χ1) is 8.88. The third-order valence-corrected chi connectivity index (χ3v) is 2.75. The summed E-state index contributed by atoms with van der Waals surface area (Å²) < 4.78 is 10.6. The Balaban J connectivity index is 2.03. The van der Waals surface area contributed by atoms with Gasteiger partial charge in [0.15, 0.2) is 5.76 Å². The van der Waals surface area contributed by atoms with E-state index in [0.29, 0.717) is 0 Å². The average molecular weight is 240 g/mol. The predicted octanol–water partition coefficient (Wildman–Crippen LogP) is 3.35. The fraction of sp³-hybridized carbons (Fsp3) is 0.0714. The van der Waals surface area contributed by atoms with Crippen LogP contribution in [0.25, 0.3) is 22.7 Å². The lowest BCUT2D eigenvalue weighted by Crippen LogP contribution is -1.87. The maximum absolute atomic E-state index is 5.32. The summed E-state index contributed by atoms with van der Waals surface area (Å²) in [5.74, 6) is 1.57. The van der Waals surface area contributed by atoms with Gasteiger partial charge in [-0.05, 0) is 30.3 Å². The van der Waals surface area contributed by atoms with Crippen LogP contribution in [-0.2, 0) is 0 Å². The Kier molecular flexibility index (Phi) is 2.61. The van der Waals surface area contributed by atoms with E-state index in [9.17, 15) is 0 Å². The normalized spacial score (nSPS) is 10.5. The molecular weight excluding hydrogens is 228 g/mol. The zero-order valence-electron chi connectivity index (χ0n) is 9.88. The molecule has 2 aromatic heterocycles. The summed E-state index contributed by atoms with van der Waals surface area (Å²) in [7, 11) is 1.65. The Morgan fingerprint density at radius 3 is 2.83 bits per heavy atom. The second-order valence-corrected chi connectivity index (χ2v) is 3.84. The van der Waals surface area contributed by atoms with Crippen molar-refractivity contribution in [1.29, 1.82) is 0 Å². The minimum atomic E-state index is 0.767. The van der Waals surface area contributed by atoms with Gasteiger partial charge in [-0.2, -0.15) is 5.10 Å². The fourth-order valence-electron chi connectivity index (χ4n) is 1.87. The number of nitrogens with zero attached hydrogens (tertiary/aromatic N) is 1. The molecule has 0 radical (unpaired) electrons. The van der Waals surface area contributed by atoms with E-state index in [4.69, 9.17) is 9.15 Å². The summed E-state index contributed by atoms with van der Waals surface area (Å²) in [4.78, 5) is 0. The van der Waals surface area contributed by atoms with Crippen molar-refractivity contribution in [2.24, 2.45) is 0 Å². The second-order valence-electron chi connectivity index (χ2n) is 3.84. The molecule has 0 unspecified atom stereocenters. The number of benzene rings is 1. The van der Waals surface area contributed by atoms with E-state index in [-0.39, 0.29) is 0 Å². The van der Waals surface area contributed by atoms with Gasteiger partial charge in [0.1, 0.15) is 11.4 Å². The Hall–Kier alpha value is -2.49. The molecule has 1 aromatic carbocycles. The molecule has 4 heteroatoms. The highest BCUT2D eigenvalue weighted by molar-refractivity contribution is 5.70. The van der Waals surface area contributed by atoms with Gasteiger partial charge in [-0.3, -0.25) is 5.10 Å². The van der Waals surface area contributed by atoms with Crippen LogP contribution in [0.5, 0.6) is 5.75 Å². The van der Waals surface area contributed by atoms with Gasteiger partial charge in [-0.15, -0.1) is 0 Å². The molecule has 90 valence electrons. The van der Waals surface area contributed by atoms with Gasteiger partial charge in [0.2, 0.25) is 0 Å². The predicted molar refractivity (Wildman–Crippen MR) is 68.3 cm³/mol. The molecule has 0 aliphatic rings. The second kappa shape index (κ2) is 4.41. The van der Waals surface area contributed by atoms with E-state index in [2.05, 4.69) is 10.2 Å². The van der Waals surface area contributed by atoms with Crippen molar-refractivity contribution in [3.63, 3.8) is 0 Å². The molecule has 0 saturated carbocycles. The molecule has 0 atom stereocenters. The number of ether oxygens (including phenoxy) is 1. The number of rotatable bonds is 3. The Bertz CT molecular complexity index is 641. The highest BCUT2D eigenvalue weighted by atomic mass is 16.5. The lowest BCUT2D eigenvalue weighted by molar-refractivity contribution is 0.416. The van der Waals surface area contributed by atoms with E-state index in [1.54, 1.807) is 13.4 Å². The van der Waals surface area contributed by atoms with Crippen LogP contribution < -0.4 is 4.74 Å². The molecule has 0 amide bonds. The van der Waals surface area contributed by atoms with Crippen molar-refractivity contribution in [2.45, 2.75) is 0 Å². The summed E-state index contributed by atoms with van der Waals surface area (Å²) in [6.07, 6.45) is 1.64. The van der Waals surface area contributed by atoms with E-state index in [1.165, 1.54) is 0 Å². The number of hydrogen-bond donors (Lipinski definition) is 1. The first-order valence-corrected chi connectivity index (χ1v) is 5.61. The highest BCUT2D eigenvalue weighted by Crippen LogP contribution is 2.30. The van der Waals surface area contributed by atoms with E-state index in [1.807, 2.05) is 42.5 Å². The number of methoxy groups -OCH3 is 1. The molecule has 0 aliphatic carbocycles. The van der Waals surface area contributed by atoms with Crippen molar-refractivity contribution in [1.82, 2.24) is 10.2 Å². The van der Waals surface area contributed by atoms with Crippen LogP contribution >= 0.6 is 0 Å². The van der Waals surface area contributed by atoms with E-state index >= 15 is 0 Å². The number of aromatic amines is 1. The van der Waals surface area contributed by atoms with Crippen LogP contribution in [-0.4, -0.2) is 17.3 Å². The number of furan rings is 1. The van der Waals surface area contributed by atoms with Gasteiger partial charge in [0, 0.05) is 5.56 Å². The molecule has 3 rings (SSSR count). The summed E-state index contributed by atoms with van der Waals surface area (Å²) in [5.41, 5.74) is 2.63. The summed E-state index contributed by atoms with van der Waals surface area (Å²) in [6, 6.07) is 13.5. The van der Waals surface area contributed by atoms with Gasteiger partial charge in [-0.25, -0.2) is 0 Å². The smallest absolute Gasteiger partial charge is 0.151 e. The number of nitrogens with one attached hydrogen (secondary N) is 1. The standard InChI is InChI=1S/C14H12N2O2/c1-17-13-6-3-2-5-10(13)11-9-12(16-15-11)14-7-4-8-18-14/h2-9H,1H3,(H,15,16). The average Bonchev–Trinajstić information content (AvgIpc) is 3.09. The number of hydrogen-bond acceptors (Lipinski definition) is 3. The van der Waals surface area contributed by atoms with Crippen molar-refractivity contribution < 1.29 is 9.15 Å². The Morgan fingerprint density at radius 1 is 1.17 bits per heavy atom. The SMILES string of the molecule is COc1ccccc1-c1cc(-c2ccco2)[nH]n1.